The van der Waals surface area contributed by atoms with Crippen LogP contribution in [-0.2, 0) is 4.79 Å². The predicted molar refractivity (Wildman–Crippen MR) is 69.4 cm³/mol. The molecule has 1 N–H and O–H groups in total. The Morgan fingerprint density at radius 3 is 2.94 bits per heavy atom. The molecule has 0 fully saturated rings. The van der Waals surface area contributed by atoms with Gasteiger partial charge in [-0.05, 0) is 19.1 Å². The number of carbonyl (C=O) groups is 1. The third-order valence-corrected chi connectivity index (χ3v) is 3.64. The van der Waals surface area contributed by atoms with Crippen LogP contribution in [0.25, 0.3) is 0 Å². The smallest absolute Gasteiger partial charge is 0.167 e. The highest BCUT2D eigenvalue weighted by Crippen LogP contribution is 2.25. The first kappa shape index (κ1) is 11.5. The number of aliphatic imine (C=N–C) groups is 1. The zero-order chi connectivity index (χ0) is 11.5. The number of benzene rings is 1. The lowest BCUT2D eigenvalue weighted by atomic mass is 10.3. The number of amidine groups is 1. The first-order valence-electron chi connectivity index (χ1n) is 4.92. The molecule has 5 heteroatoms. The molecule has 1 atom stereocenters. The van der Waals surface area contributed by atoms with Gasteiger partial charge < -0.3 is 5.32 Å². The van der Waals surface area contributed by atoms with Crippen LogP contribution in [0.2, 0.25) is 5.02 Å². The molecule has 1 aliphatic rings. The Bertz CT molecular complexity index is 447. The molecule has 0 aliphatic carbocycles. The molecule has 1 unspecified atom stereocenters. The summed E-state index contributed by atoms with van der Waals surface area (Å²) in [5.41, 5.74) is 0.817. The standard InChI is InChI=1S/C11H11ClN2OS/c1-7-10(15)6-13-11(16-7)14-9-5-3-2-4-8(9)12/h2-5,7H,6H2,1H3,(H,13,14). The summed E-state index contributed by atoms with van der Waals surface area (Å²) in [4.78, 5) is 15.4. The van der Waals surface area contributed by atoms with Crippen LogP contribution < -0.4 is 5.32 Å². The van der Waals surface area contributed by atoms with Gasteiger partial charge in [-0.3, -0.25) is 9.79 Å². The second-order valence-electron chi connectivity index (χ2n) is 3.45. The van der Waals surface area contributed by atoms with E-state index in [-0.39, 0.29) is 17.6 Å². The average Bonchev–Trinajstić information content (AvgIpc) is 2.27. The monoisotopic (exact) mass is 254 g/mol. The van der Waals surface area contributed by atoms with Crippen LogP contribution in [0.3, 0.4) is 0 Å². The maximum Gasteiger partial charge on any atom is 0.167 e. The van der Waals surface area contributed by atoms with Crippen molar-refractivity contribution in [2.45, 2.75) is 12.2 Å². The molecule has 1 heterocycles. The van der Waals surface area contributed by atoms with E-state index >= 15 is 0 Å². The Morgan fingerprint density at radius 1 is 1.50 bits per heavy atom. The third kappa shape index (κ3) is 2.57. The average molecular weight is 255 g/mol. The molecule has 0 saturated carbocycles. The molecule has 3 nitrogen and oxygen atoms in total. The second-order valence-corrected chi connectivity index (χ2v) is 5.19. The Labute approximate surface area is 103 Å². The van der Waals surface area contributed by atoms with Gasteiger partial charge in [0.15, 0.2) is 11.0 Å². The number of rotatable bonds is 1. The summed E-state index contributed by atoms with van der Waals surface area (Å²) in [7, 11) is 0. The molecule has 2 rings (SSSR count). The van der Waals surface area contributed by atoms with Crippen LogP contribution in [0.5, 0.6) is 0 Å². The van der Waals surface area contributed by atoms with Gasteiger partial charge in [0, 0.05) is 0 Å². The van der Waals surface area contributed by atoms with Crippen LogP contribution in [0.4, 0.5) is 5.69 Å². The minimum atomic E-state index is -0.0394. The molecule has 0 aromatic heterocycles. The van der Waals surface area contributed by atoms with Crippen molar-refractivity contribution in [3.05, 3.63) is 29.3 Å². The summed E-state index contributed by atoms with van der Waals surface area (Å²) in [6.07, 6.45) is 0. The van der Waals surface area contributed by atoms with Gasteiger partial charge in [-0.1, -0.05) is 35.5 Å². The van der Waals surface area contributed by atoms with Gasteiger partial charge in [-0.2, -0.15) is 0 Å². The summed E-state index contributed by atoms with van der Waals surface area (Å²) < 4.78 is 0. The number of nitrogens with zero attached hydrogens (tertiary/aromatic N) is 1. The SMILES string of the molecule is CC1SC(Nc2ccccc2Cl)=NCC1=O. The number of Topliss-reactive ketones (excluding diaryl/α,β-unsaturated/α-hetero) is 1. The Hall–Kier alpha value is -1.00. The van der Waals surface area contributed by atoms with Crippen molar-refractivity contribution in [1.29, 1.82) is 0 Å². The van der Waals surface area contributed by atoms with Crippen molar-refractivity contribution in [2.24, 2.45) is 4.99 Å². The Kier molecular flexibility index (Phi) is 3.51. The molecular weight excluding hydrogens is 244 g/mol. The van der Waals surface area contributed by atoms with E-state index < -0.39 is 0 Å². The van der Waals surface area contributed by atoms with E-state index in [4.69, 9.17) is 11.6 Å². The number of thioether (sulfide) groups is 1. The first-order chi connectivity index (χ1) is 7.66. The number of halogens is 1. The summed E-state index contributed by atoms with van der Waals surface area (Å²) >= 11 is 7.44. The molecule has 0 spiro atoms. The second kappa shape index (κ2) is 4.89. The third-order valence-electron chi connectivity index (χ3n) is 2.24. The molecule has 0 saturated heterocycles. The van der Waals surface area contributed by atoms with Crippen molar-refractivity contribution in [2.75, 3.05) is 11.9 Å². The van der Waals surface area contributed by atoms with E-state index in [1.165, 1.54) is 11.8 Å². The van der Waals surface area contributed by atoms with Gasteiger partial charge in [-0.15, -0.1) is 0 Å². The van der Waals surface area contributed by atoms with Gasteiger partial charge >= 0.3 is 0 Å². The fourth-order valence-corrected chi connectivity index (χ4v) is 2.33. The maximum absolute atomic E-state index is 11.3. The topological polar surface area (TPSA) is 41.5 Å². The van der Waals surface area contributed by atoms with Crippen molar-refractivity contribution in [3.8, 4) is 0 Å². The van der Waals surface area contributed by atoms with E-state index in [1.54, 1.807) is 0 Å². The van der Waals surface area contributed by atoms with E-state index in [0.717, 1.165) is 10.9 Å². The zero-order valence-electron chi connectivity index (χ0n) is 8.74. The molecule has 0 bridgehead atoms. The van der Waals surface area contributed by atoms with Crippen molar-refractivity contribution in [1.82, 2.24) is 0 Å². The number of carbonyl (C=O) groups excluding carboxylic acids is 1. The summed E-state index contributed by atoms with van der Waals surface area (Å²) in [6.45, 7) is 2.14. The molecule has 84 valence electrons. The summed E-state index contributed by atoms with van der Waals surface area (Å²) in [5.74, 6) is 0.162. The largest absolute Gasteiger partial charge is 0.334 e. The van der Waals surface area contributed by atoms with Gasteiger partial charge in [-0.25, -0.2) is 0 Å². The van der Waals surface area contributed by atoms with Crippen molar-refractivity contribution in [3.63, 3.8) is 0 Å². The number of anilines is 1. The highest BCUT2D eigenvalue weighted by molar-refractivity contribution is 8.15. The van der Waals surface area contributed by atoms with Gasteiger partial charge in [0.2, 0.25) is 0 Å². The fraction of sp³-hybridized carbons (Fsp3) is 0.273. The lowest BCUT2D eigenvalue weighted by Crippen LogP contribution is -2.27. The fourth-order valence-electron chi connectivity index (χ4n) is 1.30. The lowest BCUT2D eigenvalue weighted by Gasteiger charge is -2.18. The van der Waals surface area contributed by atoms with E-state index in [9.17, 15) is 4.79 Å². The molecular formula is C11H11ClN2OS. The van der Waals surface area contributed by atoms with Crippen LogP contribution in [-0.4, -0.2) is 22.7 Å². The van der Waals surface area contributed by atoms with Crippen LogP contribution in [0, 0.1) is 0 Å². The number of hydrogen-bond donors (Lipinski definition) is 1. The number of ketones is 1. The molecule has 1 aromatic carbocycles. The lowest BCUT2D eigenvalue weighted by molar-refractivity contribution is -0.117. The highest BCUT2D eigenvalue weighted by atomic mass is 35.5. The highest BCUT2D eigenvalue weighted by Gasteiger charge is 2.21. The van der Waals surface area contributed by atoms with Crippen molar-refractivity contribution < 1.29 is 4.79 Å². The Morgan fingerprint density at radius 2 is 2.25 bits per heavy atom. The normalized spacial score (nSPS) is 20.5. The van der Waals surface area contributed by atoms with Crippen LogP contribution >= 0.6 is 23.4 Å². The van der Waals surface area contributed by atoms with Crippen LogP contribution in [0.1, 0.15) is 6.92 Å². The number of nitrogens with one attached hydrogen (secondary N) is 1. The summed E-state index contributed by atoms with van der Waals surface area (Å²) in [6, 6.07) is 7.46. The molecule has 1 aromatic rings. The van der Waals surface area contributed by atoms with E-state index in [0.29, 0.717) is 5.02 Å². The van der Waals surface area contributed by atoms with E-state index in [2.05, 4.69) is 10.3 Å². The van der Waals surface area contributed by atoms with Crippen LogP contribution in [0.15, 0.2) is 29.3 Å². The zero-order valence-corrected chi connectivity index (χ0v) is 10.3. The summed E-state index contributed by atoms with van der Waals surface area (Å²) in [5, 5.41) is 4.49. The predicted octanol–water partition coefficient (Wildman–Crippen LogP) is 2.81. The number of para-hydroxylation sites is 1. The van der Waals surface area contributed by atoms with Gasteiger partial charge in [0.05, 0.1) is 16.0 Å². The van der Waals surface area contributed by atoms with Crippen molar-refractivity contribution >= 4 is 40.0 Å². The molecule has 0 amide bonds. The van der Waals surface area contributed by atoms with E-state index in [1.807, 2.05) is 31.2 Å². The molecule has 0 radical (unpaired) electrons. The minimum absolute atomic E-state index is 0.0394. The van der Waals surface area contributed by atoms with Gasteiger partial charge in [0.1, 0.15) is 6.54 Å². The Balaban J connectivity index is 2.12. The molecule has 1 aliphatic heterocycles. The van der Waals surface area contributed by atoms with Gasteiger partial charge in [0.25, 0.3) is 0 Å². The number of hydrogen-bond acceptors (Lipinski definition) is 4. The molecule has 16 heavy (non-hydrogen) atoms. The quantitative estimate of drug-likeness (QED) is 0.838. The minimum Gasteiger partial charge on any atom is -0.334 e. The maximum atomic E-state index is 11.3. The first-order valence-corrected chi connectivity index (χ1v) is 6.18.